The van der Waals surface area contributed by atoms with E-state index < -0.39 is 15.9 Å². The van der Waals surface area contributed by atoms with Crippen molar-refractivity contribution in [3.63, 3.8) is 0 Å². The highest BCUT2D eigenvalue weighted by Gasteiger charge is 2.29. The highest BCUT2D eigenvalue weighted by Crippen LogP contribution is 2.33. The summed E-state index contributed by atoms with van der Waals surface area (Å²) < 4.78 is 45.0. The van der Waals surface area contributed by atoms with Gasteiger partial charge in [0.05, 0.1) is 17.2 Å². The highest BCUT2D eigenvalue weighted by atomic mass is 35.5. The molecule has 0 bridgehead atoms. The van der Waals surface area contributed by atoms with Gasteiger partial charge in [0, 0.05) is 43.3 Å². The molecule has 0 atom stereocenters. The van der Waals surface area contributed by atoms with Crippen LogP contribution in [0.25, 0.3) is 0 Å². The molecule has 11 heteroatoms. The summed E-state index contributed by atoms with van der Waals surface area (Å²) in [6.07, 6.45) is 0. The third-order valence-corrected chi connectivity index (χ3v) is 8.53. The summed E-state index contributed by atoms with van der Waals surface area (Å²) in [6, 6.07) is 16.9. The van der Waals surface area contributed by atoms with Crippen LogP contribution in [0.5, 0.6) is 17.2 Å². The number of halogens is 1. The summed E-state index contributed by atoms with van der Waals surface area (Å²) >= 11 is 6.02. The third-order valence-electron chi connectivity index (χ3n) is 6.40. The van der Waals surface area contributed by atoms with Crippen LogP contribution in [0.3, 0.4) is 0 Å². The van der Waals surface area contributed by atoms with Gasteiger partial charge in [0.25, 0.3) is 5.91 Å². The van der Waals surface area contributed by atoms with E-state index in [2.05, 4.69) is 10.2 Å². The van der Waals surface area contributed by atoms with E-state index >= 15 is 0 Å². The molecule has 0 radical (unpaired) electrons. The number of hydrogen-bond acceptors (Lipinski definition) is 7. The molecule has 1 saturated heterocycles. The van der Waals surface area contributed by atoms with Crippen molar-refractivity contribution in [1.29, 1.82) is 0 Å². The SMILES string of the molecule is CCOc1ccc(S(=O)(=O)N2CCN(Cc3ccc4c(c3)OCO4)CC2)cc1NC(=O)c1cccc(Cl)c1. The van der Waals surface area contributed by atoms with Crippen molar-refractivity contribution in [3.05, 3.63) is 76.8 Å². The molecule has 2 heterocycles. The number of amides is 1. The van der Waals surface area contributed by atoms with Crippen LogP contribution in [0.2, 0.25) is 5.02 Å². The minimum Gasteiger partial charge on any atom is -0.492 e. The number of fused-ring (bicyclic) bond motifs is 1. The molecule has 0 unspecified atom stereocenters. The zero-order valence-corrected chi connectivity index (χ0v) is 22.4. The number of sulfonamides is 1. The van der Waals surface area contributed by atoms with Gasteiger partial charge in [-0.2, -0.15) is 4.31 Å². The van der Waals surface area contributed by atoms with E-state index in [-0.39, 0.29) is 17.4 Å². The largest absolute Gasteiger partial charge is 0.492 e. The molecule has 0 saturated carbocycles. The number of nitrogens with one attached hydrogen (secondary N) is 1. The lowest BCUT2D eigenvalue weighted by atomic mass is 10.2. The summed E-state index contributed by atoms with van der Waals surface area (Å²) in [6.45, 7) is 4.97. The maximum atomic E-state index is 13.5. The Kier molecular flexibility index (Phi) is 7.75. The molecule has 5 rings (SSSR count). The molecule has 0 aliphatic carbocycles. The number of hydrogen-bond donors (Lipinski definition) is 1. The molecular formula is C27H28ClN3O6S. The number of piperazine rings is 1. The number of nitrogens with zero attached hydrogens (tertiary/aromatic N) is 2. The van der Waals surface area contributed by atoms with Crippen LogP contribution in [0.4, 0.5) is 5.69 Å². The average molecular weight is 558 g/mol. The number of carbonyl (C=O) groups is 1. The quantitative estimate of drug-likeness (QED) is 0.443. The second-order valence-corrected chi connectivity index (χ2v) is 11.3. The summed E-state index contributed by atoms with van der Waals surface area (Å²) in [5.41, 5.74) is 1.71. The van der Waals surface area contributed by atoms with E-state index in [1.165, 1.54) is 16.4 Å². The minimum atomic E-state index is -3.79. The van der Waals surface area contributed by atoms with Crippen LogP contribution < -0.4 is 19.5 Å². The van der Waals surface area contributed by atoms with Crippen molar-refractivity contribution < 1.29 is 27.4 Å². The van der Waals surface area contributed by atoms with Crippen LogP contribution in [0.15, 0.2) is 65.6 Å². The van der Waals surface area contributed by atoms with Gasteiger partial charge in [0.1, 0.15) is 5.75 Å². The Morgan fingerprint density at radius 1 is 1.00 bits per heavy atom. The van der Waals surface area contributed by atoms with Crippen LogP contribution >= 0.6 is 11.6 Å². The number of benzene rings is 3. The van der Waals surface area contributed by atoms with Gasteiger partial charge in [-0.25, -0.2) is 8.42 Å². The van der Waals surface area contributed by atoms with Crippen LogP contribution in [0.1, 0.15) is 22.8 Å². The first-order valence-corrected chi connectivity index (χ1v) is 14.1. The van der Waals surface area contributed by atoms with E-state index in [0.29, 0.717) is 55.7 Å². The van der Waals surface area contributed by atoms with Gasteiger partial charge in [-0.1, -0.05) is 23.7 Å². The molecule has 0 aromatic heterocycles. The lowest BCUT2D eigenvalue weighted by molar-refractivity contribution is 0.102. The van der Waals surface area contributed by atoms with Crippen LogP contribution in [0, 0.1) is 0 Å². The summed E-state index contributed by atoms with van der Waals surface area (Å²) in [7, 11) is -3.79. The van der Waals surface area contributed by atoms with Crippen LogP contribution in [-0.4, -0.2) is 63.1 Å². The summed E-state index contributed by atoms with van der Waals surface area (Å²) in [4.78, 5) is 15.1. The van der Waals surface area contributed by atoms with E-state index in [9.17, 15) is 13.2 Å². The van der Waals surface area contributed by atoms with Gasteiger partial charge in [0.2, 0.25) is 16.8 Å². The summed E-state index contributed by atoms with van der Waals surface area (Å²) in [5, 5.41) is 3.20. The monoisotopic (exact) mass is 557 g/mol. The number of ether oxygens (including phenoxy) is 3. The lowest BCUT2D eigenvalue weighted by Crippen LogP contribution is -2.48. The molecule has 9 nitrogen and oxygen atoms in total. The first-order valence-electron chi connectivity index (χ1n) is 12.3. The maximum Gasteiger partial charge on any atom is 0.255 e. The maximum absolute atomic E-state index is 13.5. The number of rotatable bonds is 8. The van der Waals surface area contributed by atoms with Gasteiger partial charge in [-0.05, 0) is 61.0 Å². The minimum absolute atomic E-state index is 0.0894. The second kappa shape index (κ2) is 11.2. The summed E-state index contributed by atoms with van der Waals surface area (Å²) in [5.74, 6) is 1.44. The van der Waals surface area contributed by atoms with Gasteiger partial charge in [-0.3, -0.25) is 9.69 Å². The lowest BCUT2D eigenvalue weighted by Gasteiger charge is -2.34. The molecule has 2 aliphatic heterocycles. The predicted molar refractivity (Wildman–Crippen MR) is 144 cm³/mol. The third kappa shape index (κ3) is 5.73. The zero-order valence-electron chi connectivity index (χ0n) is 20.9. The molecule has 0 spiro atoms. The molecule has 1 fully saturated rings. The van der Waals surface area contributed by atoms with Crippen molar-refractivity contribution >= 4 is 33.2 Å². The molecule has 2 aliphatic rings. The Labute approximate surface area is 226 Å². The first kappa shape index (κ1) is 26.3. The Morgan fingerprint density at radius 3 is 2.55 bits per heavy atom. The Balaban J connectivity index is 1.28. The average Bonchev–Trinajstić information content (AvgIpc) is 3.38. The Hall–Kier alpha value is -3.31. The first-order chi connectivity index (χ1) is 18.3. The predicted octanol–water partition coefficient (Wildman–Crippen LogP) is 4.23. The normalized spacial score (nSPS) is 15.8. The molecular weight excluding hydrogens is 530 g/mol. The van der Waals surface area contributed by atoms with Gasteiger partial charge >= 0.3 is 0 Å². The fourth-order valence-corrected chi connectivity index (χ4v) is 6.09. The molecule has 1 N–H and O–H groups in total. The van der Waals surface area contributed by atoms with Crippen LogP contribution in [-0.2, 0) is 16.6 Å². The Morgan fingerprint density at radius 2 is 1.79 bits per heavy atom. The van der Waals surface area contributed by atoms with E-state index in [1.807, 2.05) is 25.1 Å². The van der Waals surface area contributed by atoms with Gasteiger partial charge < -0.3 is 19.5 Å². The molecule has 3 aromatic carbocycles. The molecule has 1 amide bonds. The van der Waals surface area contributed by atoms with Gasteiger partial charge in [-0.15, -0.1) is 0 Å². The van der Waals surface area contributed by atoms with E-state index in [0.717, 1.165) is 17.1 Å². The highest BCUT2D eigenvalue weighted by molar-refractivity contribution is 7.89. The zero-order chi connectivity index (χ0) is 26.7. The standard InChI is InChI=1S/C27H28ClN3O6S/c1-2-35-24-9-7-22(16-23(24)29-27(32)20-4-3-5-21(28)15-20)38(33,34)31-12-10-30(11-13-31)17-19-6-8-25-26(14-19)37-18-36-25/h3-9,14-16H,2,10-13,17-18H2,1H3,(H,29,32). The van der Waals surface area contributed by atoms with Gasteiger partial charge in [0.15, 0.2) is 11.5 Å². The van der Waals surface area contributed by atoms with E-state index in [4.69, 9.17) is 25.8 Å². The van der Waals surface area contributed by atoms with Crippen molar-refractivity contribution in [2.45, 2.75) is 18.4 Å². The van der Waals surface area contributed by atoms with Crippen molar-refractivity contribution in [2.24, 2.45) is 0 Å². The Bertz CT molecular complexity index is 1440. The van der Waals surface area contributed by atoms with Crippen molar-refractivity contribution in [2.75, 3.05) is 44.9 Å². The van der Waals surface area contributed by atoms with E-state index in [1.54, 1.807) is 30.3 Å². The fraction of sp³-hybridized carbons (Fsp3) is 0.296. The smallest absolute Gasteiger partial charge is 0.255 e. The van der Waals surface area contributed by atoms with Crippen molar-refractivity contribution in [1.82, 2.24) is 9.21 Å². The van der Waals surface area contributed by atoms with Crippen molar-refractivity contribution in [3.8, 4) is 17.2 Å². The number of anilines is 1. The number of carbonyl (C=O) groups excluding carboxylic acids is 1. The molecule has 200 valence electrons. The topological polar surface area (TPSA) is 97.4 Å². The second-order valence-electron chi connectivity index (χ2n) is 8.92. The molecule has 38 heavy (non-hydrogen) atoms. The molecule has 3 aromatic rings. The fourth-order valence-electron chi connectivity index (χ4n) is 4.45.